The largest absolute Gasteiger partial charge is 0.299 e. The lowest BCUT2D eigenvalue weighted by molar-refractivity contribution is 1.46. The van der Waals surface area contributed by atoms with Crippen LogP contribution in [0, 0.1) is 10.8 Å². The lowest BCUT2D eigenvalue weighted by atomic mass is 9.91. The quantitative estimate of drug-likeness (QED) is 0.664. The summed E-state index contributed by atoms with van der Waals surface area (Å²) in [5.74, 6) is 0. The van der Waals surface area contributed by atoms with Gasteiger partial charge in [0.1, 0.15) is 0 Å². The molecule has 0 heterocycles. The molecule has 0 saturated carbocycles. The predicted octanol–water partition coefficient (Wildman–Crippen LogP) is 3.25. The molecule has 0 atom stereocenters. The summed E-state index contributed by atoms with van der Waals surface area (Å²) in [6.45, 7) is 0. The number of allylic oxidation sites excluding steroid dienone is 1. The van der Waals surface area contributed by atoms with Gasteiger partial charge in [-0.3, -0.25) is 10.8 Å². The van der Waals surface area contributed by atoms with E-state index in [4.69, 9.17) is 10.8 Å². The van der Waals surface area contributed by atoms with Gasteiger partial charge in [-0.25, -0.2) is 0 Å². The molecular weight excluding hydrogens is 196 g/mol. The highest BCUT2D eigenvalue weighted by Gasteiger charge is 2.14. The van der Waals surface area contributed by atoms with Crippen molar-refractivity contribution in [1.82, 2.24) is 0 Å². The number of benzene rings is 2. The summed E-state index contributed by atoms with van der Waals surface area (Å²) in [7, 11) is 0. The maximum absolute atomic E-state index is 7.88. The van der Waals surface area contributed by atoms with Crippen LogP contribution in [0.25, 0.3) is 16.8 Å². The van der Waals surface area contributed by atoms with E-state index in [-0.39, 0.29) is 5.71 Å². The molecule has 0 fully saturated rings. The zero-order valence-corrected chi connectivity index (χ0v) is 8.62. The minimum absolute atomic E-state index is 0.280. The van der Waals surface area contributed by atoms with E-state index in [1.165, 1.54) is 5.39 Å². The summed E-state index contributed by atoms with van der Waals surface area (Å²) in [6.07, 6.45) is 3.58. The molecule has 2 N–H and O–H groups in total. The van der Waals surface area contributed by atoms with Crippen molar-refractivity contribution in [3.63, 3.8) is 0 Å². The fourth-order valence-corrected chi connectivity index (χ4v) is 2.01. The van der Waals surface area contributed by atoms with Crippen molar-refractivity contribution in [3.8, 4) is 0 Å². The van der Waals surface area contributed by atoms with Gasteiger partial charge in [-0.2, -0.15) is 0 Å². The Morgan fingerprint density at radius 1 is 0.812 bits per heavy atom. The molecule has 0 saturated heterocycles. The van der Waals surface area contributed by atoms with Gasteiger partial charge in [-0.05, 0) is 34.5 Å². The standard InChI is InChI=1S/C14H10N2/c15-13-6-5-11-7-9-3-1-2-4-10(9)8-12(11)14(13)16/h1-8,15-16H. The molecule has 76 valence electrons. The van der Waals surface area contributed by atoms with Gasteiger partial charge in [0.15, 0.2) is 0 Å². The third kappa shape index (κ3) is 1.20. The minimum atomic E-state index is 0.280. The zero-order chi connectivity index (χ0) is 11.1. The summed E-state index contributed by atoms with van der Waals surface area (Å²) in [4.78, 5) is 0. The molecule has 2 nitrogen and oxygen atoms in total. The van der Waals surface area contributed by atoms with Gasteiger partial charge < -0.3 is 0 Å². The Labute approximate surface area is 93.2 Å². The van der Waals surface area contributed by atoms with Crippen LogP contribution in [0.1, 0.15) is 11.1 Å². The van der Waals surface area contributed by atoms with Gasteiger partial charge in [-0.1, -0.05) is 30.3 Å². The van der Waals surface area contributed by atoms with Crippen molar-refractivity contribution in [2.45, 2.75) is 0 Å². The van der Waals surface area contributed by atoms with Gasteiger partial charge in [-0.15, -0.1) is 0 Å². The van der Waals surface area contributed by atoms with Crippen LogP contribution in [-0.4, -0.2) is 11.4 Å². The number of nitrogens with one attached hydrogen (secondary N) is 2. The molecule has 1 aliphatic carbocycles. The molecule has 2 heteroatoms. The topological polar surface area (TPSA) is 47.7 Å². The maximum atomic E-state index is 7.88. The van der Waals surface area contributed by atoms with Crippen molar-refractivity contribution < 1.29 is 0 Å². The van der Waals surface area contributed by atoms with E-state index >= 15 is 0 Å². The van der Waals surface area contributed by atoms with Crippen LogP contribution in [0.2, 0.25) is 0 Å². The zero-order valence-electron chi connectivity index (χ0n) is 8.62. The van der Waals surface area contributed by atoms with E-state index in [1.54, 1.807) is 6.08 Å². The number of fused-ring (bicyclic) bond motifs is 2. The second-order valence-electron chi connectivity index (χ2n) is 3.91. The molecular formula is C14H10N2. The number of rotatable bonds is 0. The van der Waals surface area contributed by atoms with E-state index in [2.05, 4.69) is 12.1 Å². The van der Waals surface area contributed by atoms with E-state index < -0.39 is 0 Å². The Morgan fingerprint density at radius 2 is 1.50 bits per heavy atom. The first kappa shape index (κ1) is 9.04. The molecule has 2 aromatic carbocycles. The van der Waals surface area contributed by atoms with Gasteiger partial charge in [0, 0.05) is 5.56 Å². The molecule has 0 radical (unpaired) electrons. The van der Waals surface area contributed by atoms with Crippen molar-refractivity contribution in [2.75, 3.05) is 0 Å². The number of hydrogen-bond acceptors (Lipinski definition) is 2. The van der Waals surface area contributed by atoms with Crippen LogP contribution < -0.4 is 0 Å². The van der Waals surface area contributed by atoms with Crippen LogP contribution in [-0.2, 0) is 0 Å². The average molecular weight is 206 g/mol. The monoisotopic (exact) mass is 206 g/mol. The molecule has 0 aromatic heterocycles. The summed E-state index contributed by atoms with van der Waals surface area (Å²) >= 11 is 0. The van der Waals surface area contributed by atoms with Gasteiger partial charge in [0.05, 0.1) is 11.4 Å². The van der Waals surface area contributed by atoms with Crippen LogP contribution in [0.5, 0.6) is 0 Å². The summed E-state index contributed by atoms with van der Waals surface area (Å²) < 4.78 is 0. The summed E-state index contributed by atoms with van der Waals surface area (Å²) in [5.41, 5.74) is 2.47. The van der Waals surface area contributed by atoms with Gasteiger partial charge in [0.25, 0.3) is 0 Å². The van der Waals surface area contributed by atoms with E-state index in [9.17, 15) is 0 Å². The highest BCUT2D eigenvalue weighted by atomic mass is 14.5. The fraction of sp³-hybridized carbons (Fsp3) is 0. The Kier molecular flexibility index (Phi) is 1.77. The number of hydrogen-bond donors (Lipinski definition) is 2. The minimum Gasteiger partial charge on any atom is -0.299 e. The van der Waals surface area contributed by atoms with Gasteiger partial charge in [0.2, 0.25) is 0 Å². The third-order valence-corrected chi connectivity index (χ3v) is 2.89. The van der Waals surface area contributed by atoms with Crippen molar-refractivity contribution in [3.05, 3.63) is 53.6 Å². The Bertz CT molecular complexity index is 651. The van der Waals surface area contributed by atoms with Crippen LogP contribution in [0.4, 0.5) is 0 Å². The molecule has 16 heavy (non-hydrogen) atoms. The lowest BCUT2D eigenvalue weighted by Crippen LogP contribution is -2.15. The van der Waals surface area contributed by atoms with E-state index in [0.717, 1.165) is 16.5 Å². The maximum Gasteiger partial charge on any atom is 0.0867 e. The van der Waals surface area contributed by atoms with Gasteiger partial charge >= 0.3 is 0 Å². The summed E-state index contributed by atoms with van der Waals surface area (Å²) in [5, 5.41) is 17.8. The Morgan fingerprint density at radius 3 is 2.25 bits per heavy atom. The van der Waals surface area contributed by atoms with Crippen molar-refractivity contribution >= 4 is 28.3 Å². The fourth-order valence-electron chi connectivity index (χ4n) is 2.01. The first-order valence-electron chi connectivity index (χ1n) is 5.14. The molecule has 3 rings (SSSR count). The van der Waals surface area contributed by atoms with Crippen LogP contribution >= 0.6 is 0 Å². The second-order valence-corrected chi connectivity index (χ2v) is 3.91. The predicted molar refractivity (Wildman–Crippen MR) is 67.5 cm³/mol. The molecule has 1 aliphatic rings. The second kappa shape index (κ2) is 3.14. The highest BCUT2D eigenvalue weighted by molar-refractivity contribution is 6.52. The SMILES string of the molecule is N=C1C=Cc2cc3ccccc3cc2C1=N. The van der Waals surface area contributed by atoms with Crippen LogP contribution in [0.3, 0.4) is 0 Å². The first-order chi connectivity index (χ1) is 7.75. The van der Waals surface area contributed by atoms with E-state index in [1.807, 2.05) is 30.3 Å². The molecule has 0 amide bonds. The molecule has 2 aromatic rings. The third-order valence-electron chi connectivity index (χ3n) is 2.89. The molecule has 0 unspecified atom stereocenters. The normalized spacial score (nSPS) is 14.2. The molecule has 0 aliphatic heterocycles. The first-order valence-corrected chi connectivity index (χ1v) is 5.14. The Hall–Kier alpha value is -2.22. The van der Waals surface area contributed by atoms with Crippen LogP contribution in [0.15, 0.2) is 42.5 Å². The highest BCUT2D eigenvalue weighted by Crippen LogP contribution is 2.24. The summed E-state index contributed by atoms with van der Waals surface area (Å²) in [6, 6.07) is 12.2. The van der Waals surface area contributed by atoms with Crippen molar-refractivity contribution in [1.29, 1.82) is 10.8 Å². The average Bonchev–Trinajstić information content (AvgIpc) is 2.32. The molecule has 0 spiro atoms. The molecule has 0 bridgehead atoms. The Balaban J connectivity index is 2.37. The lowest BCUT2D eigenvalue weighted by Gasteiger charge is -2.13. The van der Waals surface area contributed by atoms with Crippen molar-refractivity contribution in [2.24, 2.45) is 0 Å². The van der Waals surface area contributed by atoms with E-state index in [0.29, 0.717) is 5.71 Å². The smallest absolute Gasteiger partial charge is 0.0867 e.